The molecule has 1 saturated carbocycles. The van der Waals surface area contributed by atoms with Crippen LogP contribution < -0.4 is 5.32 Å². The summed E-state index contributed by atoms with van der Waals surface area (Å²) in [6, 6.07) is 5.65. The maximum absolute atomic E-state index is 12.0. The molecule has 0 heterocycles. The molecule has 17 heavy (non-hydrogen) atoms. The van der Waals surface area contributed by atoms with Crippen molar-refractivity contribution in [2.75, 3.05) is 7.11 Å². The fourth-order valence-corrected chi connectivity index (χ4v) is 2.46. The standard InChI is InChI=1S/C12H14BrNO2S/c1-16-8-4-7(5-8)14-12(15)10-6-9(17)2-3-11(10)13/h2-3,6-8,17H,4-5H2,1H3,(H,14,15). The minimum Gasteiger partial charge on any atom is -0.381 e. The second-order valence-electron chi connectivity index (χ2n) is 4.16. The highest BCUT2D eigenvalue weighted by Gasteiger charge is 2.30. The van der Waals surface area contributed by atoms with Crippen molar-refractivity contribution in [1.29, 1.82) is 0 Å². The maximum Gasteiger partial charge on any atom is 0.252 e. The normalized spacial score (nSPS) is 23.0. The van der Waals surface area contributed by atoms with Gasteiger partial charge < -0.3 is 10.1 Å². The average molecular weight is 316 g/mol. The number of halogens is 1. The zero-order valence-corrected chi connectivity index (χ0v) is 11.9. The van der Waals surface area contributed by atoms with Crippen LogP contribution in [0.2, 0.25) is 0 Å². The summed E-state index contributed by atoms with van der Waals surface area (Å²) in [5.41, 5.74) is 0.623. The Bertz CT molecular complexity index is 433. The summed E-state index contributed by atoms with van der Waals surface area (Å²) < 4.78 is 5.96. The Kier molecular flexibility index (Phi) is 4.12. The Hall–Kier alpha value is -0.520. The lowest BCUT2D eigenvalue weighted by Crippen LogP contribution is -2.47. The third-order valence-electron chi connectivity index (χ3n) is 2.96. The van der Waals surface area contributed by atoms with Crippen LogP contribution in [0.1, 0.15) is 23.2 Å². The van der Waals surface area contributed by atoms with Crippen LogP contribution in [0.15, 0.2) is 27.6 Å². The third kappa shape index (κ3) is 3.03. The van der Waals surface area contributed by atoms with Gasteiger partial charge >= 0.3 is 0 Å². The number of hydrogen-bond acceptors (Lipinski definition) is 3. The van der Waals surface area contributed by atoms with Gasteiger partial charge in [0, 0.05) is 22.5 Å². The zero-order chi connectivity index (χ0) is 12.4. The van der Waals surface area contributed by atoms with Gasteiger partial charge in [-0.05, 0) is 47.0 Å². The van der Waals surface area contributed by atoms with Crippen LogP contribution >= 0.6 is 28.6 Å². The Labute approximate surface area is 114 Å². The highest BCUT2D eigenvalue weighted by Crippen LogP contribution is 2.24. The van der Waals surface area contributed by atoms with Crippen molar-refractivity contribution < 1.29 is 9.53 Å². The van der Waals surface area contributed by atoms with E-state index in [2.05, 4.69) is 33.9 Å². The molecule has 0 unspecified atom stereocenters. The minimum absolute atomic E-state index is 0.0627. The molecule has 0 bridgehead atoms. The first-order valence-electron chi connectivity index (χ1n) is 5.42. The molecule has 5 heteroatoms. The molecule has 0 aliphatic heterocycles. The number of rotatable bonds is 3. The van der Waals surface area contributed by atoms with E-state index in [9.17, 15) is 4.79 Å². The number of thiol groups is 1. The fraction of sp³-hybridized carbons (Fsp3) is 0.417. The van der Waals surface area contributed by atoms with Crippen molar-refractivity contribution in [3.8, 4) is 0 Å². The average Bonchev–Trinajstić information content (AvgIpc) is 2.25. The third-order valence-corrected chi connectivity index (χ3v) is 3.93. The molecule has 0 atom stereocenters. The number of hydrogen-bond donors (Lipinski definition) is 2. The summed E-state index contributed by atoms with van der Waals surface area (Å²) in [4.78, 5) is 12.8. The van der Waals surface area contributed by atoms with Gasteiger partial charge in [0.15, 0.2) is 0 Å². The van der Waals surface area contributed by atoms with Crippen molar-refractivity contribution in [3.05, 3.63) is 28.2 Å². The molecule has 2 rings (SSSR count). The van der Waals surface area contributed by atoms with E-state index in [0.717, 1.165) is 22.2 Å². The van der Waals surface area contributed by atoms with Crippen molar-refractivity contribution >= 4 is 34.5 Å². The van der Waals surface area contributed by atoms with Crippen LogP contribution in [-0.2, 0) is 4.74 Å². The highest BCUT2D eigenvalue weighted by molar-refractivity contribution is 9.10. The van der Waals surface area contributed by atoms with Gasteiger partial charge in [0.05, 0.1) is 11.7 Å². The predicted octanol–water partition coefficient (Wildman–Crippen LogP) is 2.65. The van der Waals surface area contributed by atoms with Crippen molar-refractivity contribution in [3.63, 3.8) is 0 Å². The van der Waals surface area contributed by atoms with Gasteiger partial charge in [0.1, 0.15) is 0 Å². The van der Waals surface area contributed by atoms with E-state index in [1.54, 1.807) is 13.2 Å². The van der Waals surface area contributed by atoms with E-state index in [4.69, 9.17) is 4.74 Å². The molecule has 0 spiro atoms. The first kappa shape index (κ1) is 12.9. The summed E-state index contributed by atoms with van der Waals surface area (Å²) in [6.07, 6.45) is 2.07. The SMILES string of the molecule is COC1CC(NC(=O)c2cc(S)ccc2Br)C1. The molecule has 3 nitrogen and oxygen atoms in total. The van der Waals surface area contributed by atoms with Crippen LogP contribution in [0.3, 0.4) is 0 Å². The molecule has 1 aromatic carbocycles. The molecular weight excluding hydrogens is 302 g/mol. The molecular formula is C12H14BrNO2S. The summed E-state index contributed by atoms with van der Waals surface area (Å²) >= 11 is 7.60. The Balaban J connectivity index is 1.98. The number of ether oxygens (including phenoxy) is 1. The monoisotopic (exact) mass is 315 g/mol. The van der Waals surface area contributed by atoms with Crippen LogP contribution in [0.4, 0.5) is 0 Å². The van der Waals surface area contributed by atoms with Gasteiger partial charge in [-0.2, -0.15) is 0 Å². The molecule has 0 saturated heterocycles. The highest BCUT2D eigenvalue weighted by atomic mass is 79.9. The number of methoxy groups -OCH3 is 1. The predicted molar refractivity (Wildman–Crippen MR) is 72.7 cm³/mol. The summed E-state index contributed by atoms with van der Waals surface area (Å²) in [7, 11) is 1.70. The van der Waals surface area contributed by atoms with Crippen LogP contribution in [-0.4, -0.2) is 25.2 Å². The Morgan fingerprint density at radius 1 is 1.53 bits per heavy atom. The molecule has 1 aliphatic rings. The summed E-state index contributed by atoms with van der Waals surface area (Å²) in [5, 5.41) is 2.98. The lowest BCUT2D eigenvalue weighted by atomic mass is 9.89. The molecule has 1 aliphatic carbocycles. The van der Waals surface area contributed by atoms with Crippen molar-refractivity contribution in [2.45, 2.75) is 29.9 Å². The van der Waals surface area contributed by atoms with E-state index in [0.29, 0.717) is 11.7 Å². The lowest BCUT2D eigenvalue weighted by Gasteiger charge is -2.34. The molecule has 92 valence electrons. The van der Waals surface area contributed by atoms with Crippen LogP contribution in [0, 0.1) is 0 Å². The van der Waals surface area contributed by atoms with E-state index < -0.39 is 0 Å². The lowest BCUT2D eigenvalue weighted by molar-refractivity contribution is 0.0176. The van der Waals surface area contributed by atoms with Gasteiger partial charge in [-0.1, -0.05) is 0 Å². The quantitative estimate of drug-likeness (QED) is 0.842. The second-order valence-corrected chi connectivity index (χ2v) is 5.53. The molecule has 0 radical (unpaired) electrons. The fourth-order valence-electron chi connectivity index (χ4n) is 1.83. The molecule has 1 fully saturated rings. The smallest absolute Gasteiger partial charge is 0.252 e. The largest absolute Gasteiger partial charge is 0.381 e. The first-order valence-corrected chi connectivity index (χ1v) is 6.66. The summed E-state index contributed by atoms with van der Waals surface area (Å²) in [6.45, 7) is 0. The number of carbonyl (C=O) groups is 1. The Morgan fingerprint density at radius 3 is 2.88 bits per heavy atom. The number of nitrogens with one attached hydrogen (secondary N) is 1. The van der Waals surface area contributed by atoms with Crippen LogP contribution in [0.25, 0.3) is 0 Å². The molecule has 1 N–H and O–H groups in total. The maximum atomic E-state index is 12.0. The first-order chi connectivity index (χ1) is 8.10. The van der Waals surface area contributed by atoms with Crippen molar-refractivity contribution in [1.82, 2.24) is 5.32 Å². The molecule has 1 aromatic rings. The summed E-state index contributed by atoms with van der Waals surface area (Å²) in [5.74, 6) is -0.0627. The minimum atomic E-state index is -0.0627. The molecule has 0 aromatic heterocycles. The zero-order valence-electron chi connectivity index (χ0n) is 9.44. The Morgan fingerprint density at radius 2 is 2.24 bits per heavy atom. The van der Waals surface area contributed by atoms with E-state index in [1.165, 1.54) is 0 Å². The van der Waals surface area contributed by atoms with Gasteiger partial charge in [-0.15, -0.1) is 12.6 Å². The van der Waals surface area contributed by atoms with Gasteiger partial charge in [-0.25, -0.2) is 0 Å². The van der Waals surface area contributed by atoms with Gasteiger partial charge in [0.2, 0.25) is 0 Å². The van der Waals surface area contributed by atoms with Gasteiger partial charge in [0.25, 0.3) is 5.91 Å². The topological polar surface area (TPSA) is 38.3 Å². The van der Waals surface area contributed by atoms with E-state index in [-0.39, 0.29) is 11.9 Å². The number of benzene rings is 1. The van der Waals surface area contributed by atoms with E-state index in [1.807, 2.05) is 12.1 Å². The van der Waals surface area contributed by atoms with E-state index >= 15 is 0 Å². The number of amides is 1. The second kappa shape index (κ2) is 5.42. The molecule has 1 amide bonds. The van der Waals surface area contributed by atoms with Gasteiger partial charge in [-0.3, -0.25) is 4.79 Å². The van der Waals surface area contributed by atoms with Crippen LogP contribution in [0.5, 0.6) is 0 Å². The number of carbonyl (C=O) groups excluding carboxylic acids is 1. The van der Waals surface area contributed by atoms with Crippen molar-refractivity contribution in [2.24, 2.45) is 0 Å².